The maximum absolute atomic E-state index is 5.88. The van der Waals surface area contributed by atoms with E-state index in [0.717, 1.165) is 6.42 Å². The Labute approximate surface area is 149 Å². The van der Waals surface area contributed by atoms with Gasteiger partial charge in [-0.3, -0.25) is 0 Å². The Balaban J connectivity index is 2.26. The molecule has 0 aliphatic carbocycles. The normalized spacial score (nSPS) is 11.7. The highest BCUT2D eigenvalue weighted by Gasteiger charge is 2.34. The van der Waals surface area contributed by atoms with Crippen molar-refractivity contribution < 1.29 is 0 Å². The lowest BCUT2D eigenvalue weighted by Gasteiger charge is -2.35. The zero-order chi connectivity index (χ0) is 16.7. The summed E-state index contributed by atoms with van der Waals surface area (Å²) in [6.07, 6.45) is 5.10. The van der Waals surface area contributed by atoms with Gasteiger partial charge in [0.25, 0.3) is 0 Å². The lowest BCUT2D eigenvalue weighted by Crippen LogP contribution is -2.28. The number of hydrogen-bond acceptors (Lipinski definition) is 0. The fraction of sp³-hybridized carbons (Fsp3) is 0.130. The van der Waals surface area contributed by atoms with Gasteiger partial charge in [-0.1, -0.05) is 103 Å². The Morgan fingerprint density at radius 3 is 1.29 bits per heavy atom. The van der Waals surface area contributed by atoms with Gasteiger partial charge in [-0.2, -0.15) is 0 Å². The van der Waals surface area contributed by atoms with E-state index in [0.29, 0.717) is 5.88 Å². The van der Waals surface area contributed by atoms with Crippen molar-refractivity contribution in [3.05, 3.63) is 120 Å². The second-order valence-corrected chi connectivity index (χ2v) is 6.14. The van der Waals surface area contributed by atoms with Crippen LogP contribution in [0.1, 0.15) is 23.1 Å². The summed E-state index contributed by atoms with van der Waals surface area (Å²) in [4.78, 5) is 0. The van der Waals surface area contributed by atoms with Crippen LogP contribution in [0.5, 0.6) is 0 Å². The van der Waals surface area contributed by atoms with E-state index >= 15 is 0 Å². The summed E-state index contributed by atoms with van der Waals surface area (Å²) in [6, 6.07) is 32.2. The molecule has 0 nitrogen and oxygen atoms in total. The first-order valence-electron chi connectivity index (χ1n) is 8.25. The van der Waals surface area contributed by atoms with Gasteiger partial charge >= 0.3 is 0 Å². The molecule has 0 amide bonds. The minimum Gasteiger partial charge on any atom is -0.122 e. The third kappa shape index (κ3) is 3.29. The monoisotopic (exact) mass is 332 g/mol. The van der Waals surface area contributed by atoms with Gasteiger partial charge in [0.2, 0.25) is 0 Å². The van der Waals surface area contributed by atoms with Gasteiger partial charge in [-0.25, -0.2) is 0 Å². The third-order valence-electron chi connectivity index (χ3n) is 4.48. The summed E-state index contributed by atoms with van der Waals surface area (Å²) in [6.45, 7) is 0. The van der Waals surface area contributed by atoms with Crippen LogP contribution in [-0.2, 0) is 5.41 Å². The fourth-order valence-corrected chi connectivity index (χ4v) is 3.47. The van der Waals surface area contributed by atoms with Crippen LogP contribution >= 0.6 is 11.6 Å². The molecule has 0 aliphatic rings. The maximum Gasteiger partial charge on any atom is 0.0485 e. The van der Waals surface area contributed by atoms with Crippen LogP contribution < -0.4 is 0 Å². The summed E-state index contributed by atoms with van der Waals surface area (Å²) in [5, 5.41) is 0. The average Bonchev–Trinajstić information content (AvgIpc) is 2.68. The Hall–Kier alpha value is -2.31. The zero-order valence-corrected chi connectivity index (χ0v) is 14.4. The molecular formula is C23H21Cl. The number of hydrogen-bond donors (Lipinski definition) is 0. The number of halogens is 1. The zero-order valence-electron chi connectivity index (χ0n) is 13.6. The molecule has 0 saturated heterocycles. The van der Waals surface area contributed by atoms with Crippen LogP contribution in [0.25, 0.3) is 0 Å². The standard InChI is InChI=1S/C23H21Cl/c24-19-11-10-18-23(20-12-4-1-5-13-20,21-14-6-2-7-15-21)22-16-8-3-9-17-22/h1-17H,18-19H2. The number of alkyl halides is 1. The minimum atomic E-state index is -0.216. The molecule has 0 atom stereocenters. The predicted molar refractivity (Wildman–Crippen MR) is 104 cm³/mol. The molecule has 0 aromatic heterocycles. The Bertz CT molecular complexity index is 664. The van der Waals surface area contributed by atoms with Gasteiger partial charge in [0.05, 0.1) is 0 Å². The molecule has 0 fully saturated rings. The summed E-state index contributed by atoms with van der Waals surface area (Å²) >= 11 is 5.88. The smallest absolute Gasteiger partial charge is 0.0485 e. The highest BCUT2D eigenvalue weighted by Crippen LogP contribution is 2.42. The van der Waals surface area contributed by atoms with Crippen molar-refractivity contribution in [2.24, 2.45) is 0 Å². The Morgan fingerprint density at radius 1 is 0.583 bits per heavy atom. The van der Waals surface area contributed by atoms with Crippen LogP contribution in [0.2, 0.25) is 0 Å². The van der Waals surface area contributed by atoms with E-state index in [9.17, 15) is 0 Å². The van der Waals surface area contributed by atoms with E-state index in [1.165, 1.54) is 16.7 Å². The molecule has 24 heavy (non-hydrogen) atoms. The molecule has 1 heteroatoms. The molecule has 0 saturated carbocycles. The maximum atomic E-state index is 5.88. The van der Waals surface area contributed by atoms with Crippen molar-refractivity contribution in [3.63, 3.8) is 0 Å². The predicted octanol–water partition coefficient (Wildman–Crippen LogP) is 6.21. The molecule has 3 aromatic carbocycles. The fourth-order valence-electron chi connectivity index (χ4n) is 3.34. The van der Waals surface area contributed by atoms with E-state index < -0.39 is 0 Å². The van der Waals surface area contributed by atoms with Gasteiger partial charge in [-0.15, -0.1) is 11.6 Å². The van der Waals surface area contributed by atoms with Crippen LogP contribution in [-0.4, -0.2) is 5.88 Å². The van der Waals surface area contributed by atoms with E-state index in [4.69, 9.17) is 11.6 Å². The van der Waals surface area contributed by atoms with Gasteiger partial charge in [0.15, 0.2) is 0 Å². The summed E-state index contributed by atoms with van der Waals surface area (Å²) < 4.78 is 0. The molecule has 120 valence electrons. The minimum absolute atomic E-state index is 0.216. The summed E-state index contributed by atoms with van der Waals surface area (Å²) in [5.74, 6) is 0.536. The molecule has 0 heterocycles. The van der Waals surface area contributed by atoms with Crippen LogP contribution in [0.15, 0.2) is 103 Å². The quantitative estimate of drug-likeness (QED) is 0.286. The van der Waals surface area contributed by atoms with Crippen molar-refractivity contribution in [2.45, 2.75) is 11.8 Å². The second-order valence-electron chi connectivity index (χ2n) is 5.83. The van der Waals surface area contributed by atoms with E-state index in [2.05, 4.69) is 97.1 Å². The van der Waals surface area contributed by atoms with Crippen molar-refractivity contribution in [3.8, 4) is 0 Å². The lowest BCUT2D eigenvalue weighted by atomic mass is 9.67. The molecule has 0 bridgehead atoms. The second kappa shape index (κ2) is 7.99. The Kier molecular flexibility index (Phi) is 5.51. The van der Waals surface area contributed by atoms with Gasteiger partial charge < -0.3 is 0 Å². The molecule has 0 radical (unpaired) electrons. The first-order valence-corrected chi connectivity index (χ1v) is 8.79. The SMILES string of the molecule is ClCC=CCC(c1ccccc1)(c1ccccc1)c1ccccc1. The third-order valence-corrected chi connectivity index (χ3v) is 4.66. The molecule has 0 N–H and O–H groups in total. The van der Waals surface area contributed by atoms with Crippen LogP contribution in [0.3, 0.4) is 0 Å². The Morgan fingerprint density at radius 2 is 0.958 bits per heavy atom. The van der Waals surface area contributed by atoms with E-state index in [1.54, 1.807) is 0 Å². The molecule has 0 aliphatic heterocycles. The summed E-state index contributed by atoms with van der Waals surface area (Å²) in [7, 11) is 0. The molecular weight excluding hydrogens is 312 g/mol. The van der Waals surface area contributed by atoms with E-state index in [-0.39, 0.29) is 5.41 Å². The largest absolute Gasteiger partial charge is 0.122 e. The first-order chi connectivity index (χ1) is 11.9. The van der Waals surface area contributed by atoms with Gasteiger partial charge in [-0.05, 0) is 23.1 Å². The average molecular weight is 333 g/mol. The number of allylic oxidation sites excluding steroid dienone is 2. The highest BCUT2D eigenvalue weighted by molar-refractivity contribution is 6.18. The van der Waals surface area contributed by atoms with Gasteiger partial charge in [0, 0.05) is 11.3 Å². The number of benzene rings is 3. The van der Waals surface area contributed by atoms with E-state index in [1.807, 2.05) is 6.08 Å². The van der Waals surface area contributed by atoms with Crippen LogP contribution in [0, 0.1) is 0 Å². The first kappa shape index (κ1) is 16.5. The number of rotatable bonds is 6. The molecule has 0 spiro atoms. The van der Waals surface area contributed by atoms with Crippen molar-refractivity contribution in [1.29, 1.82) is 0 Å². The highest BCUT2D eigenvalue weighted by atomic mass is 35.5. The van der Waals surface area contributed by atoms with Crippen molar-refractivity contribution >= 4 is 11.6 Å². The topological polar surface area (TPSA) is 0 Å². The lowest BCUT2D eigenvalue weighted by molar-refractivity contribution is 0.627. The molecule has 3 aromatic rings. The van der Waals surface area contributed by atoms with Crippen molar-refractivity contribution in [2.75, 3.05) is 5.88 Å². The summed E-state index contributed by atoms with van der Waals surface area (Å²) in [5.41, 5.74) is 3.66. The van der Waals surface area contributed by atoms with Crippen LogP contribution in [0.4, 0.5) is 0 Å². The van der Waals surface area contributed by atoms with Gasteiger partial charge in [0.1, 0.15) is 0 Å². The molecule has 3 rings (SSSR count). The van der Waals surface area contributed by atoms with Crippen molar-refractivity contribution in [1.82, 2.24) is 0 Å². The molecule has 0 unspecified atom stereocenters.